The molecule has 0 radical (unpaired) electrons. The molecule has 3 rings (SSSR count). The Morgan fingerprint density at radius 2 is 2.05 bits per heavy atom. The van der Waals surface area contributed by atoms with Crippen molar-refractivity contribution in [3.63, 3.8) is 0 Å². The number of hydrogen-bond donors (Lipinski definition) is 1. The molecule has 2 aliphatic rings. The number of fused-ring (bicyclic) bond motifs is 1. The van der Waals surface area contributed by atoms with Crippen LogP contribution in [0.1, 0.15) is 19.4 Å². The first-order valence-electron chi connectivity index (χ1n) is 7.24. The van der Waals surface area contributed by atoms with Gasteiger partial charge in [0.1, 0.15) is 0 Å². The van der Waals surface area contributed by atoms with Crippen molar-refractivity contribution in [1.29, 1.82) is 0 Å². The van der Waals surface area contributed by atoms with Gasteiger partial charge in [-0.25, -0.2) is 0 Å². The fourth-order valence-electron chi connectivity index (χ4n) is 3.21. The van der Waals surface area contributed by atoms with E-state index < -0.39 is 0 Å². The Morgan fingerprint density at radius 3 is 2.84 bits per heavy atom. The molecule has 0 bridgehead atoms. The van der Waals surface area contributed by atoms with Gasteiger partial charge in [0.25, 0.3) is 0 Å². The molecule has 1 aromatic rings. The molecule has 0 aromatic heterocycles. The molecule has 1 aromatic carbocycles. The van der Waals surface area contributed by atoms with E-state index in [9.17, 15) is 0 Å². The van der Waals surface area contributed by atoms with Crippen LogP contribution in [0.25, 0.3) is 0 Å². The van der Waals surface area contributed by atoms with Crippen LogP contribution in [-0.4, -0.2) is 43.3 Å². The molecule has 2 atom stereocenters. The third-order valence-corrected chi connectivity index (χ3v) is 4.14. The summed E-state index contributed by atoms with van der Waals surface area (Å²) < 4.78 is 6.11. The lowest BCUT2D eigenvalue weighted by Gasteiger charge is -2.32. The van der Waals surface area contributed by atoms with Gasteiger partial charge in [0.05, 0.1) is 12.7 Å². The average Bonchev–Trinajstić information content (AvgIpc) is 2.81. The second-order valence-corrected chi connectivity index (χ2v) is 6.63. The lowest BCUT2D eigenvalue weighted by Crippen LogP contribution is -2.44. The maximum atomic E-state index is 6.11. The molecule has 2 aliphatic heterocycles. The molecule has 2 fully saturated rings. The molecule has 1 N–H and O–H groups in total. The largest absolute Gasteiger partial charge is 0.375 e. The van der Waals surface area contributed by atoms with Gasteiger partial charge in [-0.05, 0) is 5.56 Å². The van der Waals surface area contributed by atoms with Gasteiger partial charge in [0, 0.05) is 37.6 Å². The maximum Gasteiger partial charge on any atom is 0.0867 e. The highest BCUT2D eigenvalue weighted by atomic mass is 16.5. The van der Waals surface area contributed by atoms with Crippen LogP contribution in [0.4, 0.5) is 0 Å². The van der Waals surface area contributed by atoms with Crippen molar-refractivity contribution < 1.29 is 4.74 Å². The van der Waals surface area contributed by atoms with Crippen LogP contribution in [-0.2, 0) is 11.3 Å². The maximum absolute atomic E-state index is 6.11. The number of nitrogens with one attached hydrogen (secondary N) is 1. The summed E-state index contributed by atoms with van der Waals surface area (Å²) in [6.45, 7) is 9.64. The summed E-state index contributed by atoms with van der Waals surface area (Å²) in [5.41, 5.74) is 1.63. The first-order chi connectivity index (χ1) is 9.14. The number of ether oxygens (including phenoxy) is 1. The first kappa shape index (κ1) is 13.1. The number of nitrogens with zero attached hydrogens (tertiary/aromatic N) is 1. The molecule has 0 saturated carbocycles. The zero-order chi connectivity index (χ0) is 13.3. The molecular weight excluding hydrogens is 236 g/mol. The molecule has 19 heavy (non-hydrogen) atoms. The van der Waals surface area contributed by atoms with Crippen LogP contribution in [0.5, 0.6) is 0 Å². The Kier molecular flexibility index (Phi) is 3.61. The van der Waals surface area contributed by atoms with Gasteiger partial charge >= 0.3 is 0 Å². The molecule has 2 saturated heterocycles. The minimum atomic E-state index is 0.235. The van der Waals surface area contributed by atoms with E-state index in [1.807, 2.05) is 0 Å². The van der Waals surface area contributed by atoms with Crippen LogP contribution < -0.4 is 5.32 Å². The van der Waals surface area contributed by atoms with E-state index >= 15 is 0 Å². The highest BCUT2D eigenvalue weighted by molar-refractivity contribution is 5.15. The summed E-state index contributed by atoms with van der Waals surface area (Å²) in [6.07, 6.45) is 0.352. The Morgan fingerprint density at radius 1 is 1.26 bits per heavy atom. The van der Waals surface area contributed by atoms with Gasteiger partial charge in [0.15, 0.2) is 0 Å². The normalized spacial score (nSPS) is 30.8. The predicted octanol–water partition coefficient (Wildman–Crippen LogP) is 1.89. The first-order valence-corrected chi connectivity index (χ1v) is 7.24. The van der Waals surface area contributed by atoms with E-state index in [0.29, 0.717) is 12.1 Å². The van der Waals surface area contributed by atoms with Gasteiger partial charge in [-0.3, -0.25) is 4.90 Å². The van der Waals surface area contributed by atoms with Crippen LogP contribution in [0, 0.1) is 5.41 Å². The van der Waals surface area contributed by atoms with Crippen LogP contribution in [0.2, 0.25) is 0 Å². The smallest absolute Gasteiger partial charge is 0.0867 e. The monoisotopic (exact) mass is 260 g/mol. The van der Waals surface area contributed by atoms with Crippen molar-refractivity contribution in [1.82, 2.24) is 10.2 Å². The molecule has 0 aliphatic carbocycles. The highest BCUT2D eigenvalue weighted by Gasteiger charge is 2.39. The van der Waals surface area contributed by atoms with E-state index in [4.69, 9.17) is 4.74 Å². The summed E-state index contributed by atoms with van der Waals surface area (Å²) in [6, 6.07) is 11.3. The van der Waals surface area contributed by atoms with E-state index in [-0.39, 0.29) is 5.41 Å². The Hall–Kier alpha value is -0.900. The Bertz CT molecular complexity index is 418. The summed E-state index contributed by atoms with van der Waals surface area (Å²) in [5.74, 6) is 0. The molecule has 2 heterocycles. The topological polar surface area (TPSA) is 24.5 Å². The summed E-state index contributed by atoms with van der Waals surface area (Å²) in [7, 11) is 0. The molecule has 3 heteroatoms. The van der Waals surface area contributed by atoms with Crippen molar-refractivity contribution in [3.8, 4) is 0 Å². The lowest BCUT2D eigenvalue weighted by molar-refractivity contribution is 0.0229. The summed E-state index contributed by atoms with van der Waals surface area (Å²) in [4.78, 5) is 2.60. The second kappa shape index (κ2) is 5.23. The zero-order valence-electron chi connectivity index (χ0n) is 11.9. The van der Waals surface area contributed by atoms with Crippen molar-refractivity contribution >= 4 is 0 Å². The molecule has 2 unspecified atom stereocenters. The Balaban J connectivity index is 1.79. The van der Waals surface area contributed by atoms with Gasteiger partial charge < -0.3 is 10.1 Å². The van der Waals surface area contributed by atoms with E-state index in [2.05, 4.69) is 54.4 Å². The van der Waals surface area contributed by atoms with Crippen LogP contribution >= 0.6 is 0 Å². The van der Waals surface area contributed by atoms with Gasteiger partial charge in [-0.2, -0.15) is 0 Å². The summed E-state index contributed by atoms with van der Waals surface area (Å²) >= 11 is 0. The fourth-order valence-corrected chi connectivity index (χ4v) is 3.21. The molecule has 0 amide bonds. The van der Waals surface area contributed by atoms with Crippen LogP contribution in [0.15, 0.2) is 30.3 Å². The number of rotatable bonds is 2. The second-order valence-electron chi connectivity index (χ2n) is 6.63. The highest BCUT2D eigenvalue weighted by Crippen LogP contribution is 2.28. The molecular formula is C16H24N2O. The lowest BCUT2D eigenvalue weighted by atomic mass is 9.93. The quantitative estimate of drug-likeness (QED) is 0.879. The third kappa shape index (κ3) is 2.99. The number of hydrogen-bond acceptors (Lipinski definition) is 3. The van der Waals surface area contributed by atoms with E-state index in [1.165, 1.54) is 5.56 Å². The van der Waals surface area contributed by atoms with Gasteiger partial charge in [0.2, 0.25) is 0 Å². The van der Waals surface area contributed by atoms with Gasteiger partial charge in [-0.1, -0.05) is 44.2 Å². The Labute approximate surface area is 115 Å². The minimum absolute atomic E-state index is 0.235. The zero-order valence-corrected chi connectivity index (χ0v) is 11.9. The van der Waals surface area contributed by atoms with Crippen LogP contribution in [0.3, 0.4) is 0 Å². The third-order valence-electron chi connectivity index (χ3n) is 4.14. The minimum Gasteiger partial charge on any atom is -0.375 e. The molecule has 0 spiro atoms. The molecule has 104 valence electrons. The van der Waals surface area contributed by atoms with Crippen molar-refractivity contribution in [2.75, 3.05) is 26.2 Å². The average molecular weight is 260 g/mol. The number of benzene rings is 1. The van der Waals surface area contributed by atoms with E-state index in [1.54, 1.807) is 0 Å². The van der Waals surface area contributed by atoms with Crippen molar-refractivity contribution in [2.24, 2.45) is 5.41 Å². The van der Waals surface area contributed by atoms with Crippen molar-refractivity contribution in [2.45, 2.75) is 32.5 Å². The SMILES string of the molecule is CC1(C)COC2CNCC2N(Cc2ccccc2)C1. The van der Waals surface area contributed by atoms with Crippen molar-refractivity contribution in [3.05, 3.63) is 35.9 Å². The molecule has 3 nitrogen and oxygen atoms in total. The summed E-state index contributed by atoms with van der Waals surface area (Å²) in [5, 5.41) is 3.47. The van der Waals surface area contributed by atoms with Gasteiger partial charge in [-0.15, -0.1) is 0 Å². The fraction of sp³-hybridized carbons (Fsp3) is 0.625. The standard InChI is InChI=1S/C16H24N2O/c1-16(2)11-18(10-13-6-4-3-5-7-13)14-8-17-9-15(14)19-12-16/h3-7,14-15,17H,8-12H2,1-2H3. The predicted molar refractivity (Wildman–Crippen MR) is 77.0 cm³/mol. The van der Waals surface area contributed by atoms with E-state index in [0.717, 1.165) is 32.8 Å².